The number of carbonyl (C=O) groups is 1. The summed E-state index contributed by atoms with van der Waals surface area (Å²) in [6.45, 7) is 2.71. The van der Waals surface area contributed by atoms with E-state index in [0.717, 1.165) is 37.0 Å². The second-order valence-electron chi connectivity index (χ2n) is 4.27. The highest BCUT2D eigenvalue weighted by molar-refractivity contribution is 5.88. The van der Waals surface area contributed by atoms with Gasteiger partial charge in [0.25, 0.3) is 0 Å². The average molecular weight is 252 g/mol. The van der Waals surface area contributed by atoms with Crippen LogP contribution in [0.25, 0.3) is 0 Å². The van der Waals surface area contributed by atoms with E-state index in [9.17, 15) is 4.79 Å². The Hall–Kier alpha value is -1.55. The minimum atomic E-state index is -0.923. The molecule has 1 aromatic rings. The van der Waals surface area contributed by atoms with Crippen LogP contribution in [0.4, 0.5) is 0 Å². The highest BCUT2D eigenvalue weighted by atomic mass is 16.5. The Kier molecular flexibility index (Phi) is 6.22. The number of hydrogen-bond acceptors (Lipinski definition) is 3. The Morgan fingerprint density at radius 3 is 2.56 bits per heavy atom. The van der Waals surface area contributed by atoms with Crippen molar-refractivity contribution in [3.8, 4) is 5.75 Å². The van der Waals surface area contributed by atoms with E-state index < -0.39 is 5.97 Å². The molecular formula is C14H20O4. The van der Waals surface area contributed by atoms with Gasteiger partial charge in [-0.05, 0) is 49.9 Å². The molecule has 0 aromatic heterocycles. The summed E-state index contributed by atoms with van der Waals surface area (Å²) >= 11 is 0. The summed E-state index contributed by atoms with van der Waals surface area (Å²) in [5, 5.41) is 17.5. The molecule has 0 bridgehead atoms. The minimum absolute atomic E-state index is 0.247. The van der Waals surface area contributed by atoms with Crippen LogP contribution >= 0.6 is 0 Å². The number of rotatable bonds is 8. The zero-order chi connectivity index (χ0) is 13.4. The molecule has 0 atom stereocenters. The number of carboxylic acid groups (broad SMARTS) is 1. The Morgan fingerprint density at radius 1 is 1.22 bits per heavy atom. The molecule has 0 aliphatic carbocycles. The average Bonchev–Trinajstić information content (AvgIpc) is 2.35. The molecule has 0 spiro atoms. The van der Waals surface area contributed by atoms with Gasteiger partial charge < -0.3 is 14.9 Å². The van der Waals surface area contributed by atoms with Crippen LogP contribution in [0.2, 0.25) is 0 Å². The lowest BCUT2D eigenvalue weighted by Gasteiger charge is -2.09. The SMILES string of the molecule is Cc1cc(C(=O)O)ccc1OCCCCCCO. The number of aliphatic hydroxyl groups is 1. The topological polar surface area (TPSA) is 66.8 Å². The molecule has 0 aliphatic rings. The second-order valence-corrected chi connectivity index (χ2v) is 4.27. The van der Waals surface area contributed by atoms with Crippen LogP contribution in [0.15, 0.2) is 18.2 Å². The number of unbranched alkanes of at least 4 members (excludes halogenated alkanes) is 3. The van der Waals surface area contributed by atoms with Gasteiger partial charge in [-0.3, -0.25) is 0 Å². The van der Waals surface area contributed by atoms with Gasteiger partial charge in [0.05, 0.1) is 12.2 Å². The van der Waals surface area contributed by atoms with Crippen molar-refractivity contribution in [2.75, 3.05) is 13.2 Å². The van der Waals surface area contributed by atoms with E-state index in [1.165, 1.54) is 0 Å². The molecule has 0 amide bonds. The number of ether oxygens (including phenoxy) is 1. The molecule has 0 unspecified atom stereocenters. The highest BCUT2D eigenvalue weighted by Crippen LogP contribution is 2.19. The van der Waals surface area contributed by atoms with E-state index in [1.54, 1.807) is 18.2 Å². The van der Waals surface area contributed by atoms with Crippen molar-refractivity contribution >= 4 is 5.97 Å². The molecule has 0 saturated carbocycles. The summed E-state index contributed by atoms with van der Waals surface area (Å²) in [5.41, 5.74) is 1.12. The van der Waals surface area contributed by atoms with Crippen molar-refractivity contribution in [3.63, 3.8) is 0 Å². The van der Waals surface area contributed by atoms with Crippen molar-refractivity contribution in [1.29, 1.82) is 0 Å². The molecule has 4 nitrogen and oxygen atoms in total. The van der Waals surface area contributed by atoms with Crippen molar-refractivity contribution in [3.05, 3.63) is 29.3 Å². The molecule has 1 aromatic carbocycles. The zero-order valence-electron chi connectivity index (χ0n) is 10.7. The number of carboxylic acids is 1. The van der Waals surface area contributed by atoms with Crippen molar-refractivity contribution in [1.82, 2.24) is 0 Å². The molecule has 18 heavy (non-hydrogen) atoms. The van der Waals surface area contributed by atoms with Crippen molar-refractivity contribution in [2.24, 2.45) is 0 Å². The monoisotopic (exact) mass is 252 g/mol. The third-order valence-electron chi connectivity index (χ3n) is 2.73. The van der Waals surface area contributed by atoms with Crippen LogP contribution in [0.1, 0.15) is 41.6 Å². The van der Waals surface area contributed by atoms with E-state index in [4.69, 9.17) is 14.9 Å². The maximum atomic E-state index is 10.8. The fraction of sp³-hybridized carbons (Fsp3) is 0.500. The minimum Gasteiger partial charge on any atom is -0.493 e. The summed E-state index contributed by atoms with van der Waals surface area (Å²) in [7, 11) is 0. The van der Waals surface area contributed by atoms with E-state index in [2.05, 4.69) is 0 Å². The smallest absolute Gasteiger partial charge is 0.335 e. The molecule has 100 valence electrons. The van der Waals surface area contributed by atoms with E-state index >= 15 is 0 Å². The quantitative estimate of drug-likeness (QED) is 0.698. The molecular weight excluding hydrogens is 232 g/mol. The van der Waals surface area contributed by atoms with Crippen LogP contribution < -0.4 is 4.74 Å². The van der Waals surface area contributed by atoms with Gasteiger partial charge in [0.2, 0.25) is 0 Å². The fourth-order valence-corrected chi connectivity index (χ4v) is 1.69. The number of benzene rings is 1. The lowest BCUT2D eigenvalue weighted by molar-refractivity contribution is 0.0696. The predicted octanol–water partition coefficient (Wildman–Crippen LogP) is 2.62. The first-order valence-electron chi connectivity index (χ1n) is 6.22. The largest absolute Gasteiger partial charge is 0.493 e. The zero-order valence-corrected chi connectivity index (χ0v) is 10.7. The van der Waals surface area contributed by atoms with Crippen LogP contribution in [-0.4, -0.2) is 29.4 Å². The van der Waals surface area contributed by atoms with Gasteiger partial charge in [-0.15, -0.1) is 0 Å². The first-order valence-corrected chi connectivity index (χ1v) is 6.22. The molecule has 2 N–H and O–H groups in total. The first kappa shape index (κ1) is 14.5. The Morgan fingerprint density at radius 2 is 1.94 bits per heavy atom. The van der Waals surface area contributed by atoms with Gasteiger partial charge in [-0.25, -0.2) is 4.79 Å². The predicted molar refractivity (Wildman–Crippen MR) is 69.2 cm³/mol. The molecule has 1 rings (SSSR count). The summed E-state index contributed by atoms with van der Waals surface area (Å²) in [5.74, 6) is -0.184. The first-order chi connectivity index (χ1) is 8.65. The fourth-order valence-electron chi connectivity index (χ4n) is 1.69. The van der Waals surface area contributed by atoms with Gasteiger partial charge in [0.15, 0.2) is 0 Å². The van der Waals surface area contributed by atoms with E-state index in [1.807, 2.05) is 6.92 Å². The molecule has 0 saturated heterocycles. The van der Waals surface area contributed by atoms with Gasteiger partial charge in [0.1, 0.15) is 5.75 Å². The van der Waals surface area contributed by atoms with E-state index in [0.29, 0.717) is 6.61 Å². The van der Waals surface area contributed by atoms with E-state index in [-0.39, 0.29) is 12.2 Å². The summed E-state index contributed by atoms with van der Waals surface area (Å²) in [6.07, 6.45) is 3.83. The van der Waals surface area contributed by atoms with Crippen LogP contribution in [-0.2, 0) is 0 Å². The third kappa shape index (κ3) is 4.75. The lowest BCUT2D eigenvalue weighted by atomic mass is 10.1. The van der Waals surface area contributed by atoms with Gasteiger partial charge in [0, 0.05) is 6.61 Å². The van der Waals surface area contributed by atoms with Crippen LogP contribution in [0.5, 0.6) is 5.75 Å². The van der Waals surface area contributed by atoms with Gasteiger partial charge in [-0.1, -0.05) is 6.42 Å². The van der Waals surface area contributed by atoms with Gasteiger partial charge >= 0.3 is 5.97 Å². The molecule has 4 heteroatoms. The van der Waals surface area contributed by atoms with Crippen molar-refractivity contribution in [2.45, 2.75) is 32.6 Å². The number of hydrogen-bond donors (Lipinski definition) is 2. The Labute approximate surface area is 107 Å². The Bertz CT molecular complexity index is 387. The standard InChI is InChI=1S/C14H20O4/c1-11-10-12(14(16)17)6-7-13(11)18-9-5-3-2-4-8-15/h6-7,10,15H,2-5,8-9H2,1H3,(H,16,17). The summed E-state index contributed by atoms with van der Waals surface area (Å²) in [6, 6.07) is 4.87. The maximum Gasteiger partial charge on any atom is 0.335 e. The maximum absolute atomic E-state index is 10.8. The second kappa shape index (κ2) is 7.71. The molecule has 0 radical (unpaired) electrons. The molecule has 0 aliphatic heterocycles. The molecule has 0 heterocycles. The van der Waals surface area contributed by atoms with Crippen LogP contribution in [0, 0.1) is 6.92 Å². The lowest BCUT2D eigenvalue weighted by Crippen LogP contribution is -2.01. The number of aliphatic hydroxyl groups excluding tert-OH is 1. The number of aryl methyl sites for hydroxylation is 1. The summed E-state index contributed by atoms with van der Waals surface area (Å²) in [4.78, 5) is 10.8. The van der Waals surface area contributed by atoms with Crippen molar-refractivity contribution < 1.29 is 19.7 Å². The molecule has 0 fully saturated rings. The normalized spacial score (nSPS) is 10.3. The Balaban J connectivity index is 2.36. The van der Waals surface area contributed by atoms with Crippen LogP contribution in [0.3, 0.4) is 0 Å². The highest BCUT2D eigenvalue weighted by Gasteiger charge is 2.06. The number of aromatic carboxylic acids is 1. The summed E-state index contributed by atoms with van der Waals surface area (Å²) < 4.78 is 5.60. The third-order valence-corrected chi connectivity index (χ3v) is 2.73. The van der Waals surface area contributed by atoms with Gasteiger partial charge in [-0.2, -0.15) is 0 Å².